The average molecular weight is 328 g/mol. The average Bonchev–Trinajstić information content (AvgIpc) is 2.55. The van der Waals surface area contributed by atoms with E-state index in [1.54, 1.807) is 25.3 Å². The van der Waals surface area contributed by atoms with Crippen LogP contribution in [0.25, 0.3) is 0 Å². The lowest BCUT2D eigenvalue weighted by Gasteiger charge is -2.16. The standard InChI is InChI=1S/C19H24N2O3/c1-13(2)24-18-10-9-15(23-3)12-17(18)21-19(22)11-8-14-6-4-5-7-16(14)20/h4-7,9-10,12-13H,8,11,20H2,1-3H3,(H,21,22). The second-order valence-electron chi connectivity index (χ2n) is 5.78. The number of amides is 1. The van der Waals surface area contributed by atoms with Crippen LogP contribution >= 0.6 is 0 Å². The Morgan fingerprint density at radius 1 is 1.21 bits per heavy atom. The quantitative estimate of drug-likeness (QED) is 0.761. The number of methoxy groups -OCH3 is 1. The summed E-state index contributed by atoms with van der Waals surface area (Å²) in [5.41, 5.74) is 8.19. The fraction of sp³-hybridized carbons (Fsp3) is 0.316. The number of nitrogens with one attached hydrogen (secondary N) is 1. The molecule has 0 unspecified atom stereocenters. The van der Waals surface area contributed by atoms with Crippen molar-refractivity contribution in [2.75, 3.05) is 18.2 Å². The van der Waals surface area contributed by atoms with Gasteiger partial charge in [0.15, 0.2) is 0 Å². The summed E-state index contributed by atoms with van der Waals surface area (Å²) < 4.78 is 11.0. The van der Waals surface area contributed by atoms with Gasteiger partial charge in [-0.05, 0) is 44.0 Å². The van der Waals surface area contributed by atoms with E-state index in [2.05, 4.69) is 5.32 Å². The number of rotatable bonds is 7. The Kier molecular flexibility index (Phi) is 6.07. The van der Waals surface area contributed by atoms with Gasteiger partial charge in [0.2, 0.25) is 5.91 Å². The van der Waals surface area contributed by atoms with Gasteiger partial charge < -0.3 is 20.5 Å². The van der Waals surface area contributed by atoms with Crippen molar-refractivity contribution in [1.29, 1.82) is 0 Å². The maximum atomic E-state index is 12.3. The summed E-state index contributed by atoms with van der Waals surface area (Å²) in [5.74, 6) is 1.19. The topological polar surface area (TPSA) is 73.6 Å². The molecule has 0 heterocycles. The first kappa shape index (κ1) is 17.7. The second kappa shape index (κ2) is 8.24. The number of nitrogen functional groups attached to an aromatic ring is 1. The summed E-state index contributed by atoms with van der Waals surface area (Å²) >= 11 is 0. The number of hydrogen-bond donors (Lipinski definition) is 2. The maximum Gasteiger partial charge on any atom is 0.224 e. The zero-order chi connectivity index (χ0) is 17.5. The van der Waals surface area contributed by atoms with Gasteiger partial charge >= 0.3 is 0 Å². The Bertz CT molecular complexity index is 699. The summed E-state index contributed by atoms with van der Waals surface area (Å²) in [6.45, 7) is 3.88. The number of benzene rings is 2. The van der Waals surface area contributed by atoms with E-state index in [4.69, 9.17) is 15.2 Å². The van der Waals surface area contributed by atoms with Crippen LogP contribution in [0.5, 0.6) is 11.5 Å². The molecule has 0 aliphatic rings. The van der Waals surface area contributed by atoms with Crippen molar-refractivity contribution < 1.29 is 14.3 Å². The van der Waals surface area contributed by atoms with Crippen LogP contribution in [-0.2, 0) is 11.2 Å². The van der Waals surface area contributed by atoms with Crippen LogP contribution in [-0.4, -0.2) is 19.1 Å². The van der Waals surface area contributed by atoms with Crippen LogP contribution in [0.15, 0.2) is 42.5 Å². The maximum absolute atomic E-state index is 12.3. The molecule has 2 aromatic rings. The number of hydrogen-bond acceptors (Lipinski definition) is 4. The number of para-hydroxylation sites is 1. The minimum absolute atomic E-state index is 0.0122. The Hall–Kier alpha value is -2.69. The molecule has 0 aromatic heterocycles. The molecule has 0 fully saturated rings. The first-order valence-corrected chi connectivity index (χ1v) is 7.97. The SMILES string of the molecule is COc1ccc(OC(C)C)c(NC(=O)CCc2ccccc2N)c1. The highest BCUT2D eigenvalue weighted by Crippen LogP contribution is 2.30. The van der Waals surface area contributed by atoms with Crippen molar-refractivity contribution in [2.24, 2.45) is 0 Å². The first-order valence-electron chi connectivity index (χ1n) is 7.97. The molecule has 1 amide bonds. The fourth-order valence-electron chi connectivity index (χ4n) is 2.31. The van der Waals surface area contributed by atoms with Crippen LogP contribution in [0, 0.1) is 0 Å². The highest BCUT2D eigenvalue weighted by molar-refractivity contribution is 5.92. The third-order valence-corrected chi connectivity index (χ3v) is 3.50. The molecular weight excluding hydrogens is 304 g/mol. The van der Waals surface area contributed by atoms with Gasteiger partial charge in [-0.1, -0.05) is 18.2 Å². The molecule has 5 heteroatoms. The van der Waals surface area contributed by atoms with Crippen LogP contribution in [0.3, 0.4) is 0 Å². The summed E-state index contributed by atoms with van der Waals surface area (Å²) in [6.07, 6.45) is 0.938. The van der Waals surface area contributed by atoms with Crippen molar-refractivity contribution in [2.45, 2.75) is 32.8 Å². The normalized spacial score (nSPS) is 10.5. The summed E-state index contributed by atoms with van der Waals surface area (Å²) in [4.78, 5) is 12.3. The predicted molar refractivity (Wildman–Crippen MR) is 96.6 cm³/mol. The molecule has 3 N–H and O–H groups in total. The minimum atomic E-state index is -0.0971. The molecule has 0 radical (unpaired) electrons. The molecule has 2 rings (SSSR count). The Morgan fingerprint density at radius 3 is 2.62 bits per heavy atom. The van der Waals surface area contributed by atoms with Gasteiger partial charge in [-0.2, -0.15) is 0 Å². The molecule has 24 heavy (non-hydrogen) atoms. The molecule has 0 spiro atoms. The van der Waals surface area contributed by atoms with E-state index >= 15 is 0 Å². The molecule has 0 saturated heterocycles. The number of carbonyl (C=O) groups excluding carboxylic acids is 1. The molecule has 2 aromatic carbocycles. The zero-order valence-electron chi connectivity index (χ0n) is 14.3. The zero-order valence-corrected chi connectivity index (χ0v) is 14.3. The van der Waals surface area contributed by atoms with Crippen molar-refractivity contribution in [3.63, 3.8) is 0 Å². The monoisotopic (exact) mass is 328 g/mol. The predicted octanol–water partition coefficient (Wildman–Crippen LogP) is 3.64. The van der Waals surface area contributed by atoms with Gasteiger partial charge in [-0.3, -0.25) is 4.79 Å². The van der Waals surface area contributed by atoms with Gasteiger partial charge in [0.1, 0.15) is 11.5 Å². The largest absolute Gasteiger partial charge is 0.497 e. The molecule has 5 nitrogen and oxygen atoms in total. The van der Waals surface area contributed by atoms with E-state index in [0.717, 1.165) is 5.56 Å². The molecule has 0 atom stereocenters. The minimum Gasteiger partial charge on any atom is -0.497 e. The fourth-order valence-corrected chi connectivity index (χ4v) is 2.31. The van der Waals surface area contributed by atoms with Gasteiger partial charge in [0.25, 0.3) is 0 Å². The van der Waals surface area contributed by atoms with E-state index < -0.39 is 0 Å². The van der Waals surface area contributed by atoms with E-state index in [-0.39, 0.29) is 12.0 Å². The number of ether oxygens (including phenoxy) is 2. The molecule has 0 bridgehead atoms. The number of nitrogens with two attached hydrogens (primary N) is 1. The summed E-state index contributed by atoms with van der Waals surface area (Å²) in [6, 6.07) is 12.9. The highest BCUT2D eigenvalue weighted by atomic mass is 16.5. The Morgan fingerprint density at radius 2 is 1.96 bits per heavy atom. The highest BCUT2D eigenvalue weighted by Gasteiger charge is 2.11. The number of anilines is 2. The molecule has 0 aliphatic carbocycles. The first-order chi connectivity index (χ1) is 11.5. The van der Waals surface area contributed by atoms with Crippen LogP contribution in [0.1, 0.15) is 25.8 Å². The third kappa shape index (κ3) is 4.91. The number of carbonyl (C=O) groups is 1. The van der Waals surface area contributed by atoms with Crippen molar-refractivity contribution in [3.05, 3.63) is 48.0 Å². The van der Waals surface area contributed by atoms with Gasteiger partial charge in [0.05, 0.1) is 18.9 Å². The summed E-state index contributed by atoms with van der Waals surface area (Å²) in [5, 5.41) is 2.90. The Balaban J connectivity index is 2.05. The van der Waals surface area contributed by atoms with E-state index in [1.165, 1.54) is 0 Å². The van der Waals surface area contributed by atoms with E-state index in [1.807, 2.05) is 38.1 Å². The second-order valence-corrected chi connectivity index (χ2v) is 5.78. The molecule has 0 saturated carbocycles. The summed E-state index contributed by atoms with van der Waals surface area (Å²) in [7, 11) is 1.59. The van der Waals surface area contributed by atoms with E-state index in [0.29, 0.717) is 35.7 Å². The molecule has 0 aliphatic heterocycles. The lowest BCUT2D eigenvalue weighted by Crippen LogP contribution is -2.15. The smallest absolute Gasteiger partial charge is 0.224 e. The Labute approximate surface area is 142 Å². The van der Waals surface area contributed by atoms with Crippen molar-refractivity contribution >= 4 is 17.3 Å². The lowest BCUT2D eigenvalue weighted by molar-refractivity contribution is -0.116. The molecule has 128 valence electrons. The lowest BCUT2D eigenvalue weighted by atomic mass is 10.1. The molecular formula is C19H24N2O3. The van der Waals surface area contributed by atoms with Crippen LogP contribution in [0.4, 0.5) is 11.4 Å². The number of aryl methyl sites for hydroxylation is 1. The van der Waals surface area contributed by atoms with Crippen LogP contribution < -0.4 is 20.5 Å². The van der Waals surface area contributed by atoms with Gasteiger partial charge in [-0.25, -0.2) is 0 Å². The van der Waals surface area contributed by atoms with Gasteiger partial charge in [0, 0.05) is 18.2 Å². The van der Waals surface area contributed by atoms with Gasteiger partial charge in [-0.15, -0.1) is 0 Å². The van der Waals surface area contributed by atoms with Crippen molar-refractivity contribution in [1.82, 2.24) is 0 Å². The third-order valence-electron chi connectivity index (χ3n) is 3.50. The van der Waals surface area contributed by atoms with Crippen molar-refractivity contribution in [3.8, 4) is 11.5 Å². The van der Waals surface area contributed by atoms with E-state index in [9.17, 15) is 4.79 Å². The van der Waals surface area contributed by atoms with Crippen LogP contribution in [0.2, 0.25) is 0 Å².